The molecule has 6 nitrogen and oxygen atoms in total. The molecule has 22 heavy (non-hydrogen) atoms. The molecule has 0 atom stereocenters. The molecule has 0 spiro atoms. The van der Waals surface area contributed by atoms with Crippen LogP contribution in [0.15, 0.2) is 18.2 Å². The molecule has 0 fully saturated rings. The summed E-state index contributed by atoms with van der Waals surface area (Å²) in [6, 6.07) is 5.05. The zero-order valence-electron chi connectivity index (χ0n) is 13.1. The maximum absolute atomic E-state index is 11.1. The molecular weight excluding hydrogens is 282 g/mol. The van der Waals surface area contributed by atoms with E-state index in [0.29, 0.717) is 18.4 Å². The van der Waals surface area contributed by atoms with Crippen LogP contribution in [0.5, 0.6) is 0 Å². The Hall–Kier alpha value is -1.92. The number of aromatic nitrogens is 2. The molecule has 0 aliphatic rings. The third-order valence-corrected chi connectivity index (χ3v) is 3.62. The molecule has 6 heteroatoms. The molecule has 0 bridgehead atoms. The SMILES string of the molecule is CN(C)CCCn1c(CCCO)nc2cc(C(=O)O)ccc21. The van der Waals surface area contributed by atoms with Gasteiger partial charge in [-0.2, -0.15) is 0 Å². The second-order valence-corrected chi connectivity index (χ2v) is 5.67. The smallest absolute Gasteiger partial charge is 0.335 e. The van der Waals surface area contributed by atoms with Crippen LogP contribution in [0.3, 0.4) is 0 Å². The summed E-state index contributed by atoms with van der Waals surface area (Å²) < 4.78 is 2.14. The molecule has 2 aromatic rings. The quantitative estimate of drug-likeness (QED) is 0.774. The lowest BCUT2D eigenvalue weighted by Gasteiger charge is -2.12. The largest absolute Gasteiger partial charge is 0.478 e. The Morgan fingerprint density at radius 2 is 2.09 bits per heavy atom. The first-order chi connectivity index (χ1) is 10.5. The molecule has 0 saturated heterocycles. The number of carboxylic acids is 1. The lowest BCUT2D eigenvalue weighted by Crippen LogP contribution is -2.16. The van der Waals surface area contributed by atoms with E-state index in [1.807, 2.05) is 20.2 Å². The highest BCUT2D eigenvalue weighted by molar-refractivity contribution is 5.92. The first-order valence-corrected chi connectivity index (χ1v) is 7.51. The number of aliphatic hydroxyl groups is 1. The van der Waals surface area contributed by atoms with Gasteiger partial charge in [-0.25, -0.2) is 9.78 Å². The third kappa shape index (κ3) is 3.84. The van der Waals surface area contributed by atoms with Crippen LogP contribution in [0.2, 0.25) is 0 Å². The monoisotopic (exact) mass is 305 g/mol. The van der Waals surface area contributed by atoms with E-state index in [0.717, 1.165) is 30.9 Å². The maximum Gasteiger partial charge on any atom is 0.335 e. The highest BCUT2D eigenvalue weighted by Gasteiger charge is 2.13. The van der Waals surface area contributed by atoms with E-state index >= 15 is 0 Å². The van der Waals surface area contributed by atoms with E-state index < -0.39 is 5.97 Å². The Labute approximate surface area is 130 Å². The van der Waals surface area contributed by atoms with Crippen molar-refractivity contribution in [1.29, 1.82) is 0 Å². The van der Waals surface area contributed by atoms with Crippen LogP contribution in [0.1, 0.15) is 29.0 Å². The normalized spacial score (nSPS) is 11.5. The third-order valence-electron chi connectivity index (χ3n) is 3.62. The summed E-state index contributed by atoms with van der Waals surface area (Å²) in [5.74, 6) is -0.0358. The van der Waals surface area contributed by atoms with Gasteiger partial charge >= 0.3 is 5.97 Å². The van der Waals surface area contributed by atoms with E-state index in [1.54, 1.807) is 12.1 Å². The van der Waals surface area contributed by atoms with Crippen molar-refractivity contribution in [3.05, 3.63) is 29.6 Å². The van der Waals surface area contributed by atoms with Gasteiger partial charge in [0.15, 0.2) is 0 Å². The number of carbonyl (C=O) groups is 1. The lowest BCUT2D eigenvalue weighted by atomic mass is 10.2. The van der Waals surface area contributed by atoms with Crippen molar-refractivity contribution in [2.45, 2.75) is 25.8 Å². The fraction of sp³-hybridized carbons (Fsp3) is 0.500. The lowest BCUT2D eigenvalue weighted by molar-refractivity contribution is 0.0697. The minimum atomic E-state index is -0.944. The molecule has 0 saturated carbocycles. The van der Waals surface area contributed by atoms with Crippen molar-refractivity contribution in [3.8, 4) is 0 Å². The van der Waals surface area contributed by atoms with Crippen molar-refractivity contribution in [2.24, 2.45) is 0 Å². The van der Waals surface area contributed by atoms with Gasteiger partial charge < -0.3 is 19.7 Å². The molecule has 120 valence electrons. The average Bonchev–Trinajstić information content (AvgIpc) is 2.81. The molecule has 2 N–H and O–H groups in total. The number of aromatic carboxylic acids is 1. The summed E-state index contributed by atoms with van der Waals surface area (Å²) >= 11 is 0. The molecule has 0 radical (unpaired) electrons. The number of fused-ring (bicyclic) bond motifs is 1. The number of nitrogens with zero attached hydrogens (tertiary/aromatic N) is 3. The summed E-state index contributed by atoms with van der Waals surface area (Å²) in [5.41, 5.74) is 1.91. The van der Waals surface area contributed by atoms with Crippen molar-refractivity contribution in [1.82, 2.24) is 14.5 Å². The second kappa shape index (κ2) is 7.38. The first kappa shape index (κ1) is 16.5. The molecule has 0 amide bonds. The van der Waals surface area contributed by atoms with Gasteiger partial charge in [-0.05, 0) is 51.7 Å². The summed E-state index contributed by atoms with van der Waals surface area (Å²) in [6.07, 6.45) is 2.34. The van der Waals surface area contributed by atoms with E-state index in [2.05, 4.69) is 14.5 Å². The van der Waals surface area contributed by atoms with Gasteiger partial charge in [0.05, 0.1) is 16.6 Å². The van der Waals surface area contributed by atoms with E-state index in [-0.39, 0.29) is 12.2 Å². The molecule has 1 aromatic carbocycles. The summed E-state index contributed by atoms with van der Waals surface area (Å²) in [7, 11) is 4.08. The van der Waals surface area contributed by atoms with Crippen LogP contribution in [0.4, 0.5) is 0 Å². The average molecular weight is 305 g/mol. The summed E-state index contributed by atoms with van der Waals surface area (Å²) in [5, 5.41) is 18.1. The molecule has 2 rings (SSSR count). The summed E-state index contributed by atoms with van der Waals surface area (Å²) in [4.78, 5) is 17.8. The van der Waals surface area contributed by atoms with Crippen LogP contribution in [0, 0.1) is 0 Å². The maximum atomic E-state index is 11.1. The highest BCUT2D eigenvalue weighted by atomic mass is 16.4. The number of aliphatic hydroxyl groups excluding tert-OH is 1. The minimum absolute atomic E-state index is 0.126. The van der Waals surface area contributed by atoms with Crippen LogP contribution in [-0.4, -0.2) is 57.9 Å². The van der Waals surface area contributed by atoms with Gasteiger partial charge in [0, 0.05) is 19.6 Å². The van der Waals surface area contributed by atoms with Crippen LogP contribution < -0.4 is 0 Å². The van der Waals surface area contributed by atoms with Gasteiger partial charge in [0.1, 0.15) is 5.82 Å². The number of imidazole rings is 1. The van der Waals surface area contributed by atoms with Gasteiger partial charge in [-0.1, -0.05) is 0 Å². The molecule has 1 aromatic heterocycles. The number of benzene rings is 1. The predicted molar refractivity (Wildman–Crippen MR) is 85.3 cm³/mol. The number of aryl methyl sites for hydroxylation is 2. The number of carboxylic acid groups (broad SMARTS) is 1. The Bertz CT molecular complexity index is 649. The highest BCUT2D eigenvalue weighted by Crippen LogP contribution is 2.20. The number of rotatable bonds is 8. The van der Waals surface area contributed by atoms with Gasteiger partial charge in [0.2, 0.25) is 0 Å². The predicted octanol–water partition coefficient (Wildman–Crippen LogP) is 1.61. The Kier molecular flexibility index (Phi) is 5.51. The molecule has 0 unspecified atom stereocenters. The van der Waals surface area contributed by atoms with Crippen LogP contribution in [0.25, 0.3) is 11.0 Å². The Balaban J connectivity index is 2.33. The van der Waals surface area contributed by atoms with Crippen molar-refractivity contribution in [2.75, 3.05) is 27.2 Å². The van der Waals surface area contributed by atoms with E-state index in [1.165, 1.54) is 0 Å². The zero-order valence-corrected chi connectivity index (χ0v) is 13.1. The fourth-order valence-electron chi connectivity index (χ4n) is 2.54. The molecule has 1 heterocycles. The molecule has 0 aliphatic carbocycles. The number of hydrogen-bond donors (Lipinski definition) is 2. The van der Waals surface area contributed by atoms with E-state index in [9.17, 15) is 4.79 Å². The number of hydrogen-bond acceptors (Lipinski definition) is 4. The first-order valence-electron chi connectivity index (χ1n) is 7.51. The molecule has 0 aliphatic heterocycles. The fourth-order valence-corrected chi connectivity index (χ4v) is 2.54. The Morgan fingerprint density at radius 3 is 2.73 bits per heavy atom. The van der Waals surface area contributed by atoms with Crippen LogP contribution >= 0.6 is 0 Å². The van der Waals surface area contributed by atoms with Gasteiger partial charge in [-0.15, -0.1) is 0 Å². The van der Waals surface area contributed by atoms with E-state index in [4.69, 9.17) is 10.2 Å². The standard InChI is InChI=1S/C16H23N3O3/c1-18(2)8-4-9-19-14-7-6-12(16(21)22)11-13(14)17-15(19)5-3-10-20/h6-7,11,20H,3-5,8-10H2,1-2H3,(H,21,22). The zero-order chi connectivity index (χ0) is 16.1. The topological polar surface area (TPSA) is 78.6 Å². The Morgan fingerprint density at radius 1 is 1.32 bits per heavy atom. The van der Waals surface area contributed by atoms with Crippen LogP contribution in [-0.2, 0) is 13.0 Å². The van der Waals surface area contributed by atoms with Gasteiger partial charge in [-0.3, -0.25) is 0 Å². The summed E-state index contributed by atoms with van der Waals surface area (Å²) in [6.45, 7) is 1.94. The van der Waals surface area contributed by atoms with Gasteiger partial charge in [0.25, 0.3) is 0 Å². The van der Waals surface area contributed by atoms with Crippen molar-refractivity contribution >= 4 is 17.0 Å². The minimum Gasteiger partial charge on any atom is -0.478 e. The second-order valence-electron chi connectivity index (χ2n) is 5.67. The molecular formula is C16H23N3O3. The van der Waals surface area contributed by atoms with Crippen molar-refractivity contribution in [3.63, 3.8) is 0 Å². The van der Waals surface area contributed by atoms with Crippen molar-refractivity contribution < 1.29 is 15.0 Å².